The molecule has 2 aromatic carbocycles. The topological polar surface area (TPSA) is 66.4 Å². The predicted molar refractivity (Wildman–Crippen MR) is 78.7 cm³/mol. The van der Waals surface area contributed by atoms with Crippen LogP contribution in [-0.4, -0.2) is 17.0 Å². The molecule has 2 N–H and O–H groups in total. The molecule has 102 valence electrons. The molecule has 0 heterocycles. The number of benzene rings is 2. The number of aromatic carboxylic acids is 1. The van der Waals surface area contributed by atoms with E-state index >= 15 is 0 Å². The molecule has 4 nitrogen and oxygen atoms in total. The molecule has 0 saturated carbocycles. The first kappa shape index (κ1) is 14.3. The first-order valence-corrected chi connectivity index (χ1v) is 6.71. The highest BCUT2D eigenvalue weighted by Crippen LogP contribution is 2.12. The van der Waals surface area contributed by atoms with Crippen molar-refractivity contribution >= 4 is 27.8 Å². The van der Waals surface area contributed by atoms with Gasteiger partial charge in [0.15, 0.2) is 0 Å². The normalized spacial score (nSPS) is 10.1. The van der Waals surface area contributed by atoms with Crippen LogP contribution in [0.2, 0.25) is 0 Å². The van der Waals surface area contributed by atoms with Gasteiger partial charge in [-0.15, -0.1) is 0 Å². The lowest BCUT2D eigenvalue weighted by atomic mass is 10.1. The maximum absolute atomic E-state index is 11.9. The Kier molecular flexibility index (Phi) is 4.53. The van der Waals surface area contributed by atoms with E-state index in [9.17, 15) is 9.59 Å². The molecule has 0 aliphatic rings. The van der Waals surface area contributed by atoms with E-state index in [1.807, 2.05) is 6.07 Å². The number of carbonyl (C=O) groups is 2. The molecular weight excluding hydrogens is 322 g/mol. The molecule has 0 bridgehead atoms. The molecule has 1 amide bonds. The Bertz CT molecular complexity index is 655. The molecule has 0 aliphatic carbocycles. The Balaban J connectivity index is 2.03. The minimum atomic E-state index is -0.981. The van der Waals surface area contributed by atoms with Gasteiger partial charge in [0.1, 0.15) is 0 Å². The molecular formula is C15H12BrNO3. The predicted octanol–water partition coefficient (Wildman–Crippen LogP) is 3.08. The number of halogens is 1. The first-order valence-electron chi connectivity index (χ1n) is 5.92. The van der Waals surface area contributed by atoms with Gasteiger partial charge in [-0.1, -0.05) is 34.1 Å². The quantitative estimate of drug-likeness (QED) is 0.903. The van der Waals surface area contributed by atoms with Crippen LogP contribution < -0.4 is 5.32 Å². The number of nitrogens with one attached hydrogen (secondary N) is 1. The fourth-order valence-corrected chi connectivity index (χ4v) is 2.13. The van der Waals surface area contributed by atoms with Crippen LogP contribution in [0.25, 0.3) is 0 Å². The SMILES string of the molecule is O=C(O)c1cccc(CNC(=O)c2cccc(Br)c2)c1. The molecule has 0 saturated heterocycles. The lowest BCUT2D eigenvalue weighted by Gasteiger charge is -2.06. The molecule has 0 atom stereocenters. The van der Waals surface area contributed by atoms with Crippen molar-refractivity contribution in [2.24, 2.45) is 0 Å². The second-order valence-corrected chi connectivity index (χ2v) is 5.11. The van der Waals surface area contributed by atoms with E-state index in [2.05, 4.69) is 21.2 Å². The Morgan fingerprint density at radius 1 is 1.05 bits per heavy atom. The van der Waals surface area contributed by atoms with Gasteiger partial charge in [-0.05, 0) is 35.9 Å². The third-order valence-electron chi connectivity index (χ3n) is 2.71. The molecule has 0 spiro atoms. The van der Waals surface area contributed by atoms with Gasteiger partial charge < -0.3 is 10.4 Å². The van der Waals surface area contributed by atoms with Crippen LogP contribution in [0.3, 0.4) is 0 Å². The van der Waals surface area contributed by atoms with Gasteiger partial charge in [-0.25, -0.2) is 4.79 Å². The third-order valence-corrected chi connectivity index (χ3v) is 3.21. The summed E-state index contributed by atoms with van der Waals surface area (Å²) < 4.78 is 0.832. The van der Waals surface area contributed by atoms with Crippen LogP contribution in [0.1, 0.15) is 26.3 Å². The number of carboxylic acids is 1. The van der Waals surface area contributed by atoms with Crippen LogP contribution in [0, 0.1) is 0 Å². The van der Waals surface area contributed by atoms with Crippen LogP contribution in [0.4, 0.5) is 0 Å². The van der Waals surface area contributed by atoms with Crippen molar-refractivity contribution in [3.8, 4) is 0 Å². The highest BCUT2D eigenvalue weighted by molar-refractivity contribution is 9.10. The van der Waals surface area contributed by atoms with E-state index in [0.717, 1.165) is 10.0 Å². The number of hydrogen-bond acceptors (Lipinski definition) is 2. The Hall–Kier alpha value is -2.14. The molecule has 0 fully saturated rings. The van der Waals surface area contributed by atoms with Crippen LogP contribution in [0.15, 0.2) is 53.0 Å². The summed E-state index contributed by atoms with van der Waals surface area (Å²) >= 11 is 3.31. The molecule has 0 unspecified atom stereocenters. The van der Waals surface area contributed by atoms with Gasteiger partial charge in [0.05, 0.1) is 5.56 Å². The summed E-state index contributed by atoms with van der Waals surface area (Å²) in [6.45, 7) is 0.284. The summed E-state index contributed by atoms with van der Waals surface area (Å²) in [5.74, 6) is -1.18. The molecule has 2 rings (SSSR count). The van der Waals surface area contributed by atoms with Crippen molar-refractivity contribution in [1.82, 2.24) is 5.32 Å². The summed E-state index contributed by atoms with van der Waals surface area (Å²) in [6, 6.07) is 13.6. The zero-order chi connectivity index (χ0) is 14.5. The average Bonchev–Trinajstić information content (AvgIpc) is 2.45. The van der Waals surface area contributed by atoms with Crippen LogP contribution in [-0.2, 0) is 6.54 Å². The zero-order valence-electron chi connectivity index (χ0n) is 10.5. The number of hydrogen-bond donors (Lipinski definition) is 2. The summed E-state index contributed by atoms with van der Waals surface area (Å²) in [5.41, 5.74) is 1.50. The lowest BCUT2D eigenvalue weighted by Crippen LogP contribution is -2.22. The summed E-state index contributed by atoms with van der Waals surface area (Å²) in [4.78, 5) is 22.8. The van der Waals surface area contributed by atoms with Gasteiger partial charge in [0.25, 0.3) is 5.91 Å². The molecule has 0 aromatic heterocycles. The summed E-state index contributed by atoms with van der Waals surface area (Å²) in [5, 5.41) is 11.7. The van der Waals surface area contributed by atoms with Crippen molar-refractivity contribution in [1.29, 1.82) is 0 Å². The van der Waals surface area contributed by atoms with E-state index in [4.69, 9.17) is 5.11 Å². The second kappa shape index (κ2) is 6.34. The first-order chi connectivity index (χ1) is 9.56. The molecule has 2 aromatic rings. The van der Waals surface area contributed by atoms with Crippen molar-refractivity contribution in [3.63, 3.8) is 0 Å². The van der Waals surface area contributed by atoms with Crippen molar-refractivity contribution in [2.75, 3.05) is 0 Å². The third kappa shape index (κ3) is 3.68. The van der Waals surface area contributed by atoms with Crippen molar-refractivity contribution in [3.05, 3.63) is 69.7 Å². The zero-order valence-corrected chi connectivity index (χ0v) is 12.1. The molecule has 0 aliphatic heterocycles. The van der Waals surface area contributed by atoms with E-state index in [1.165, 1.54) is 6.07 Å². The molecule has 0 radical (unpaired) electrons. The van der Waals surface area contributed by atoms with E-state index in [-0.39, 0.29) is 18.0 Å². The number of carboxylic acid groups (broad SMARTS) is 1. The Morgan fingerprint density at radius 2 is 1.75 bits per heavy atom. The van der Waals surface area contributed by atoms with Crippen molar-refractivity contribution in [2.45, 2.75) is 6.54 Å². The van der Waals surface area contributed by atoms with Gasteiger partial charge >= 0.3 is 5.97 Å². The van der Waals surface area contributed by atoms with E-state index in [1.54, 1.807) is 36.4 Å². The van der Waals surface area contributed by atoms with Gasteiger partial charge in [0.2, 0.25) is 0 Å². The number of rotatable bonds is 4. The maximum atomic E-state index is 11.9. The standard InChI is InChI=1S/C15H12BrNO3/c16-13-6-2-4-11(8-13)14(18)17-9-10-3-1-5-12(7-10)15(19)20/h1-8H,9H2,(H,17,18)(H,19,20). The van der Waals surface area contributed by atoms with E-state index < -0.39 is 5.97 Å². The summed E-state index contributed by atoms with van der Waals surface area (Å²) in [7, 11) is 0. The average molecular weight is 334 g/mol. The number of amides is 1. The Morgan fingerprint density at radius 3 is 2.45 bits per heavy atom. The fourth-order valence-electron chi connectivity index (χ4n) is 1.73. The maximum Gasteiger partial charge on any atom is 0.335 e. The summed E-state index contributed by atoms with van der Waals surface area (Å²) in [6.07, 6.45) is 0. The smallest absolute Gasteiger partial charge is 0.335 e. The van der Waals surface area contributed by atoms with E-state index in [0.29, 0.717) is 5.56 Å². The molecule has 5 heteroatoms. The number of carbonyl (C=O) groups excluding carboxylic acids is 1. The van der Waals surface area contributed by atoms with Gasteiger partial charge in [-0.3, -0.25) is 4.79 Å². The van der Waals surface area contributed by atoms with Crippen LogP contribution in [0.5, 0.6) is 0 Å². The second-order valence-electron chi connectivity index (χ2n) is 4.20. The lowest BCUT2D eigenvalue weighted by molar-refractivity contribution is 0.0696. The monoisotopic (exact) mass is 333 g/mol. The highest BCUT2D eigenvalue weighted by atomic mass is 79.9. The highest BCUT2D eigenvalue weighted by Gasteiger charge is 2.07. The minimum absolute atomic E-state index is 0.202. The van der Waals surface area contributed by atoms with Gasteiger partial charge in [0, 0.05) is 16.6 Å². The molecule has 20 heavy (non-hydrogen) atoms. The van der Waals surface area contributed by atoms with Crippen LogP contribution >= 0.6 is 15.9 Å². The van der Waals surface area contributed by atoms with Gasteiger partial charge in [-0.2, -0.15) is 0 Å². The fraction of sp³-hybridized carbons (Fsp3) is 0.0667. The Labute approximate surface area is 124 Å². The largest absolute Gasteiger partial charge is 0.478 e. The van der Waals surface area contributed by atoms with Crippen molar-refractivity contribution < 1.29 is 14.7 Å². The minimum Gasteiger partial charge on any atom is -0.478 e.